The molecule has 2 unspecified atom stereocenters. The van der Waals surface area contributed by atoms with Gasteiger partial charge < -0.3 is 15.3 Å². The summed E-state index contributed by atoms with van der Waals surface area (Å²) in [6, 6.07) is 0.181. The normalized spacial score (nSPS) is 24.1. The highest BCUT2D eigenvalue weighted by Gasteiger charge is 2.30. The second kappa shape index (κ2) is 6.26. The maximum absolute atomic E-state index is 12.3. The molecule has 5 nitrogen and oxygen atoms in total. The number of carboxylic acids is 1. The summed E-state index contributed by atoms with van der Waals surface area (Å²) in [4.78, 5) is 24.8. The Bertz CT molecular complexity index is 342. The zero-order valence-corrected chi connectivity index (χ0v) is 12.4. The van der Waals surface area contributed by atoms with Crippen LogP contribution in [0.5, 0.6) is 0 Å². The summed E-state index contributed by atoms with van der Waals surface area (Å²) < 4.78 is 0. The highest BCUT2D eigenvalue weighted by atomic mass is 16.4. The van der Waals surface area contributed by atoms with E-state index in [2.05, 4.69) is 19.2 Å². The minimum Gasteiger partial charge on any atom is -0.481 e. The number of likely N-dealkylation sites (tertiary alicyclic amines) is 1. The molecule has 0 aromatic carbocycles. The number of rotatable bonds is 4. The monoisotopic (exact) mass is 270 g/mol. The van der Waals surface area contributed by atoms with E-state index in [1.807, 2.05) is 18.7 Å². The van der Waals surface area contributed by atoms with Gasteiger partial charge in [-0.05, 0) is 46.0 Å². The molecule has 0 aromatic heterocycles. The fourth-order valence-electron chi connectivity index (χ4n) is 2.41. The van der Waals surface area contributed by atoms with E-state index in [1.54, 1.807) is 0 Å². The summed E-state index contributed by atoms with van der Waals surface area (Å²) >= 11 is 0. The molecule has 0 saturated carbocycles. The van der Waals surface area contributed by atoms with Crippen LogP contribution in [-0.4, -0.2) is 40.1 Å². The average molecular weight is 270 g/mol. The van der Waals surface area contributed by atoms with Crippen LogP contribution in [0.1, 0.15) is 53.4 Å². The molecule has 2 atom stereocenters. The van der Waals surface area contributed by atoms with Gasteiger partial charge in [0.2, 0.25) is 0 Å². The highest BCUT2D eigenvalue weighted by Crippen LogP contribution is 2.22. The minimum atomic E-state index is -0.831. The fourth-order valence-corrected chi connectivity index (χ4v) is 2.41. The first-order valence-corrected chi connectivity index (χ1v) is 7.02. The molecule has 1 fully saturated rings. The molecule has 2 N–H and O–H groups in total. The minimum absolute atomic E-state index is 0.0687. The maximum atomic E-state index is 12.3. The van der Waals surface area contributed by atoms with Crippen molar-refractivity contribution in [2.45, 2.75) is 65.0 Å². The molecule has 1 rings (SSSR count). The van der Waals surface area contributed by atoms with Gasteiger partial charge in [-0.1, -0.05) is 6.92 Å². The fraction of sp³-hybridized carbons (Fsp3) is 0.857. The number of hydrogen-bond donors (Lipinski definition) is 2. The lowest BCUT2D eigenvalue weighted by Gasteiger charge is -2.39. The Hall–Kier alpha value is -1.26. The van der Waals surface area contributed by atoms with Crippen LogP contribution in [0.4, 0.5) is 4.79 Å². The number of carboxylic acid groups (broad SMARTS) is 1. The SMILES string of the molecule is CC1CCC(C)N(C(=O)NC(C)(C)CCC(=O)O)C1. The molecule has 19 heavy (non-hydrogen) atoms. The predicted molar refractivity (Wildman–Crippen MR) is 74.0 cm³/mol. The highest BCUT2D eigenvalue weighted by molar-refractivity contribution is 5.75. The Labute approximate surface area is 115 Å². The van der Waals surface area contributed by atoms with Crippen molar-refractivity contribution in [3.05, 3.63) is 0 Å². The van der Waals surface area contributed by atoms with Crippen LogP contribution >= 0.6 is 0 Å². The van der Waals surface area contributed by atoms with Crippen LogP contribution in [0.2, 0.25) is 0 Å². The molecular formula is C14H26N2O3. The van der Waals surface area contributed by atoms with Crippen molar-refractivity contribution in [3.63, 3.8) is 0 Å². The quantitative estimate of drug-likeness (QED) is 0.824. The molecule has 0 radical (unpaired) electrons. The Morgan fingerprint density at radius 2 is 1.95 bits per heavy atom. The van der Waals surface area contributed by atoms with Crippen LogP contribution in [0.15, 0.2) is 0 Å². The molecule has 0 bridgehead atoms. The van der Waals surface area contributed by atoms with Gasteiger partial charge in [-0.3, -0.25) is 4.79 Å². The largest absolute Gasteiger partial charge is 0.481 e. The van der Waals surface area contributed by atoms with Gasteiger partial charge >= 0.3 is 12.0 Å². The van der Waals surface area contributed by atoms with E-state index in [0.29, 0.717) is 12.3 Å². The van der Waals surface area contributed by atoms with Crippen LogP contribution in [-0.2, 0) is 4.79 Å². The topological polar surface area (TPSA) is 69.6 Å². The molecule has 0 aliphatic carbocycles. The van der Waals surface area contributed by atoms with Gasteiger partial charge in [0.05, 0.1) is 0 Å². The van der Waals surface area contributed by atoms with Crippen molar-refractivity contribution < 1.29 is 14.7 Å². The van der Waals surface area contributed by atoms with Gasteiger partial charge in [0.1, 0.15) is 0 Å². The summed E-state index contributed by atoms with van der Waals surface area (Å²) in [5.41, 5.74) is -0.490. The van der Waals surface area contributed by atoms with E-state index in [4.69, 9.17) is 5.11 Å². The van der Waals surface area contributed by atoms with Gasteiger partial charge in [0.25, 0.3) is 0 Å². The molecule has 0 spiro atoms. The lowest BCUT2D eigenvalue weighted by molar-refractivity contribution is -0.137. The number of nitrogens with zero attached hydrogens (tertiary/aromatic N) is 1. The molecule has 1 heterocycles. The number of aliphatic carboxylic acids is 1. The van der Waals surface area contributed by atoms with Gasteiger partial charge in [0.15, 0.2) is 0 Å². The standard InChI is InChI=1S/C14H26N2O3/c1-10-5-6-11(2)16(9-10)13(19)15-14(3,4)8-7-12(17)18/h10-11H,5-9H2,1-4H3,(H,15,19)(H,17,18). The van der Waals surface area contributed by atoms with Crippen molar-refractivity contribution in [1.29, 1.82) is 0 Å². The van der Waals surface area contributed by atoms with Gasteiger partial charge in [-0.2, -0.15) is 0 Å². The Morgan fingerprint density at radius 1 is 1.32 bits per heavy atom. The third kappa shape index (κ3) is 5.09. The average Bonchev–Trinajstić information content (AvgIpc) is 2.29. The summed E-state index contributed by atoms with van der Waals surface area (Å²) in [6.45, 7) is 8.73. The van der Waals surface area contributed by atoms with Crippen molar-refractivity contribution in [3.8, 4) is 0 Å². The van der Waals surface area contributed by atoms with Crippen LogP contribution < -0.4 is 5.32 Å². The molecule has 1 aliphatic rings. The molecule has 110 valence electrons. The summed E-state index contributed by atoms with van der Waals surface area (Å²) in [5.74, 6) is -0.300. The number of nitrogens with one attached hydrogen (secondary N) is 1. The molecule has 1 saturated heterocycles. The number of amides is 2. The smallest absolute Gasteiger partial charge is 0.318 e. The number of carbonyl (C=O) groups excluding carboxylic acids is 1. The first-order chi connectivity index (χ1) is 8.71. The molecule has 2 amide bonds. The number of piperidine rings is 1. The molecule has 5 heteroatoms. The first-order valence-electron chi connectivity index (χ1n) is 7.02. The van der Waals surface area contributed by atoms with Gasteiger partial charge in [0, 0.05) is 24.5 Å². The van der Waals surface area contributed by atoms with Crippen LogP contribution in [0.3, 0.4) is 0 Å². The van der Waals surface area contributed by atoms with E-state index in [0.717, 1.165) is 19.4 Å². The Morgan fingerprint density at radius 3 is 2.53 bits per heavy atom. The van der Waals surface area contributed by atoms with Crippen molar-refractivity contribution >= 4 is 12.0 Å². The summed E-state index contributed by atoms with van der Waals surface area (Å²) in [6.07, 6.45) is 2.70. The zero-order chi connectivity index (χ0) is 14.6. The lowest BCUT2D eigenvalue weighted by Crippen LogP contribution is -2.55. The van der Waals surface area contributed by atoms with E-state index in [-0.39, 0.29) is 18.5 Å². The molecule has 0 aromatic rings. The van der Waals surface area contributed by atoms with E-state index in [9.17, 15) is 9.59 Å². The van der Waals surface area contributed by atoms with E-state index in [1.165, 1.54) is 0 Å². The van der Waals surface area contributed by atoms with Crippen LogP contribution in [0, 0.1) is 5.92 Å². The van der Waals surface area contributed by atoms with Crippen molar-refractivity contribution in [1.82, 2.24) is 10.2 Å². The Balaban J connectivity index is 2.54. The number of hydrogen-bond acceptors (Lipinski definition) is 2. The number of urea groups is 1. The number of carbonyl (C=O) groups is 2. The Kier molecular flexibility index (Phi) is 5.20. The third-order valence-corrected chi connectivity index (χ3v) is 3.79. The molecular weight excluding hydrogens is 244 g/mol. The summed E-state index contributed by atoms with van der Waals surface area (Å²) in [7, 11) is 0. The van der Waals surface area contributed by atoms with E-state index >= 15 is 0 Å². The lowest BCUT2D eigenvalue weighted by atomic mass is 9.95. The second-order valence-corrected chi connectivity index (χ2v) is 6.39. The predicted octanol–water partition coefficient (Wildman–Crippen LogP) is 2.46. The second-order valence-electron chi connectivity index (χ2n) is 6.39. The van der Waals surface area contributed by atoms with Gasteiger partial charge in [-0.15, -0.1) is 0 Å². The van der Waals surface area contributed by atoms with Crippen molar-refractivity contribution in [2.24, 2.45) is 5.92 Å². The maximum Gasteiger partial charge on any atom is 0.318 e. The zero-order valence-electron chi connectivity index (χ0n) is 12.4. The van der Waals surface area contributed by atoms with Gasteiger partial charge in [-0.25, -0.2) is 4.79 Å². The first kappa shape index (κ1) is 15.8. The van der Waals surface area contributed by atoms with Crippen LogP contribution in [0.25, 0.3) is 0 Å². The van der Waals surface area contributed by atoms with E-state index < -0.39 is 11.5 Å². The summed E-state index contributed by atoms with van der Waals surface area (Å²) in [5, 5.41) is 11.7. The third-order valence-electron chi connectivity index (χ3n) is 3.79. The van der Waals surface area contributed by atoms with Crippen molar-refractivity contribution in [2.75, 3.05) is 6.54 Å². The molecule has 1 aliphatic heterocycles.